The number of likely N-dealkylation sites (N-methyl/N-ethyl adjacent to an activating group) is 1. The van der Waals surface area contributed by atoms with Crippen molar-refractivity contribution in [2.24, 2.45) is 11.7 Å². The second-order valence-corrected chi connectivity index (χ2v) is 12.2. The van der Waals surface area contributed by atoms with Crippen LogP contribution in [0.3, 0.4) is 0 Å². The molecule has 3 aliphatic heterocycles. The van der Waals surface area contributed by atoms with Gasteiger partial charge in [-0.25, -0.2) is 20.7 Å². The molecule has 0 aromatic rings. The highest BCUT2D eigenvalue weighted by Gasteiger charge is 2.46. The van der Waals surface area contributed by atoms with Crippen molar-refractivity contribution in [3.63, 3.8) is 0 Å². The van der Waals surface area contributed by atoms with Crippen LogP contribution >= 0.6 is 0 Å². The van der Waals surface area contributed by atoms with Crippen LogP contribution in [0.25, 0.3) is 0 Å². The minimum atomic E-state index is -1.60. The van der Waals surface area contributed by atoms with Gasteiger partial charge in [-0.3, -0.25) is 39.2 Å². The standard InChI is InChI=1S/C28H48N8O10/c1-14(2)22-20(29)27(42)35-18(10-8-12-31-35)26(41)36(44)19(13-45-6)25(40)33(5)15(3)24(39)34-17(9-7-11-30-34)23(38)32-21(16(4)37)28(43)46-22/h14-22,30-31,37,44H,7-13,29H2,1-6H3,(H,32,38)/t15-,16+,17+,18-,19?,20+,21?,22+/m1/s1. The summed E-state index contributed by atoms with van der Waals surface area (Å²) in [5.74, 6) is -5.74. The normalized spacial score (nSPS) is 32.3. The highest BCUT2D eigenvalue weighted by atomic mass is 16.5. The molecule has 0 aliphatic carbocycles. The van der Waals surface area contributed by atoms with E-state index in [4.69, 9.17) is 15.2 Å². The van der Waals surface area contributed by atoms with E-state index in [2.05, 4.69) is 16.2 Å². The molecule has 0 spiro atoms. The van der Waals surface area contributed by atoms with E-state index >= 15 is 0 Å². The zero-order chi connectivity index (χ0) is 34.5. The van der Waals surface area contributed by atoms with Crippen molar-refractivity contribution >= 4 is 35.5 Å². The van der Waals surface area contributed by atoms with Gasteiger partial charge in [0.25, 0.3) is 23.6 Å². The van der Waals surface area contributed by atoms with Gasteiger partial charge in [-0.05, 0) is 45.4 Å². The van der Waals surface area contributed by atoms with Crippen LogP contribution in [0.4, 0.5) is 0 Å². The number of nitrogens with two attached hydrogens (primary N) is 1. The van der Waals surface area contributed by atoms with Crippen molar-refractivity contribution in [1.82, 2.24) is 36.1 Å². The van der Waals surface area contributed by atoms with Crippen LogP contribution in [0.15, 0.2) is 0 Å². The number of fused-ring (bicyclic) bond motifs is 2. The molecule has 0 radical (unpaired) electrons. The van der Waals surface area contributed by atoms with Crippen molar-refractivity contribution in [3.05, 3.63) is 0 Å². The molecule has 260 valence electrons. The van der Waals surface area contributed by atoms with Crippen LogP contribution in [0.1, 0.15) is 53.4 Å². The Bertz CT molecular complexity index is 1160. The number of cyclic esters (lactones) is 1. The molecule has 5 amide bonds. The molecular weight excluding hydrogens is 608 g/mol. The van der Waals surface area contributed by atoms with Gasteiger partial charge in [-0.1, -0.05) is 13.8 Å². The average Bonchev–Trinajstić information content (AvgIpc) is 3.04. The molecule has 3 heterocycles. The number of carbonyl (C=O) groups excluding carboxylic acids is 6. The summed E-state index contributed by atoms with van der Waals surface area (Å²) in [5.41, 5.74) is 12.0. The first-order valence-corrected chi connectivity index (χ1v) is 15.5. The van der Waals surface area contributed by atoms with Crippen molar-refractivity contribution < 1.29 is 48.6 Å². The summed E-state index contributed by atoms with van der Waals surface area (Å²) in [4.78, 5) is 82.8. The average molecular weight is 657 g/mol. The van der Waals surface area contributed by atoms with Gasteiger partial charge in [-0.15, -0.1) is 0 Å². The maximum absolute atomic E-state index is 13.7. The number of nitrogens with one attached hydrogen (secondary N) is 3. The van der Waals surface area contributed by atoms with E-state index in [0.717, 1.165) is 14.9 Å². The number of rotatable bonds is 4. The summed E-state index contributed by atoms with van der Waals surface area (Å²) in [6.07, 6.45) is -1.49. The number of hydroxylamine groups is 2. The Kier molecular flexibility index (Phi) is 12.8. The second-order valence-electron chi connectivity index (χ2n) is 12.2. The summed E-state index contributed by atoms with van der Waals surface area (Å²) >= 11 is 0. The molecule has 0 saturated carbocycles. The van der Waals surface area contributed by atoms with Crippen molar-refractivity contribution in [3.8, 4) is 0 Å². The van der Waals surface area contributed by atoms with Gasteiger partial charge >= 0.3 is 5.97 Å². The zero-order valence-electron chi connectivity index (χ0n) is 27.2. The predicted octanol–water partition coefficient (Wildman–Crippen LogP) is -3.17. The lowest BCUT2D eigenvalue weighted by Gasteiger charge is -2.40. The summed E-state index contributed by atoms with van der Waals surface area (Å²) in [5, 5.41) is 26.3. The topological polar surface area (TPSA) is 236 Å². The van der Waals surface area contributed by atoms with Crippen LogP contribution in [-0.4, -0.2) is 148 Å². The first kappa shape index (κ1) is 37.0. The highest BCUT2D eigenvalue weighted by Crippen LogP contribution is 2.21. The van der Waals surface area contributed by atoms with Crippen LogP contribution in [0.5, 0.6) is 0 Å². The molecule has 3 aliphatic rings. The number of methoxy groups -OCH3 is 1. The van der Waals surface area contributed by atoms with Gasteiger partial charge in [0.1, 0.15) is 30.3 Å². The van der Waals surface area contributed by atoms with Crippen molar-refractivity contribution in [2.45, 2.75) is 102 Å². The van der Waals surface area contributed by atoms with Gasteiger partial charge in [0, 0.05) is 27.2 Å². The predicted molar refractivity (Wildman–Crippen MR) is 159 cm³/mol. The number of aliphatic hydroxyl groups excluding tert-OH is 1. The van der Waals surface area contributed by atoms with Crippen molar-refractivity contribution in [2.75, 3.05) is 33.9 Å². The lowest BCUT2D eigenvalue weighted by Crippen LogP contribution is -2.66. The van der Waals surface area contributed by atoms with Crippen LogP contribution in [0, 0.1) is 5.92 Å². The minimum Gasteiger partial charge on any atom is -0.458 e. The van der Waals surface area contributed by atoms with E-state index in [1.165, 1.54) is 28.0 Å². The molecule has 46 heavy (non-hydrogen) atoms. The van der Waals surface area contributed by atoms with Gasteiger partial charge in [0.15, 0.2) is 12.1 Å². The molecule has 0 aromatic carbocycles. The number of esters is 1. The van der Waals surface area contributed by atoms with E-state index in [1.807, 2.05) is 0 Å². The maximum Gasteiger partial charge on any atom is 0.331 e. The second kappa shape index (κ2) is 15.9. The first-order valence-electron chi connectivity index (χ1n) is 15.5. The summed E-state index contributed by atoms with van der Waals surface area (Å²) < 4.78 is 10.8. The fourth-order valence-electron chi connectivity index (χ4n) is 5.68. The largest absolute Gasteiger partial charge is 0.458 e. The smallest absolute Gasteiger partial charge is 0.331 e. The van der Waals surface area contributed by atoms with Gasteiger partial charge in [0.2, 0.25) is 5.91 Å². The van der Waals surface area contributed by atoms with Crippen LogP contribution in [-0.2, 0) is 38.2 Å². The highest BCUT2D eigenvalue weighted by molar-refractivity contribution is 5.96. The number of amides is 5. The zero-order valence-corrected chi connectivity index (χ0v) is 27.2. The number of carbonyl (C=O) groups is 6. The SMILES string of the molecule is COCC1C(=O)N(C)[C@H](C)C(=O)N2NCCC[C@H]2C(=O)NC([C@H](C)O)C(=O)O[C@@H](C(C)C)[C@H](N)C(=O)N2NCCC[C@@H]2C(=O)N1O. The molecule has 3 saturated heterocycles. The van der Waals surface area contributed by atoms with E-state index < -0.39 is 96.5 Å². The summed E-state index contributed by atoms with van der Waals surface area (Å²) in [6, 6.07) is -8.34. The van der Waals surface area contributed by atoms with E-state index in [-0.39, 0.29) is 24.4 Å². The number of hydrazine groups is 2. The third kappa shape index (κ3) is 7.92. The Balaban J connectivity index is 2.11. The molecule has 0 aromatic heterocycles. The summed E-state index contributed by atoms with van der Waals surface area (Å²) in [6.45, 7) is 6.15. The lowest BCUT2D eigenvalue weighted by atomic mass is 9.97. The minimum absolute atomic E-state index is 0.101. The van der Waals surface area contributed by atoms with E-state index in [9.17, 15) is 39.1 Å². The molecule has 18 nitrogen and oxygen atoms in total. The molecule has 0 bridgehead atoms. The fraction of sp³-hybridized carbons (Fsp3) is 0.786. The molecule has 3 fully saturated rings. The summed E-state index contributed by atoms with van der Waals surface area (Å²) in [7, 11) is 2.57. The molecule has 2 unspecified atom stereocenters. The van der Waals surface area contributed by atoms with Crippen LogP contribution < -0.4 is 21.9 Å². The molecular formula is C28H48N8O10. The molecule has 3 rings (SSSR count). The quantitative estimate of drug-likeness (QED) is 0.130. The van der Waals surface area contributed by atoms with Gasteiger partial charge < -0.3 is 30.5 Å². The number of ether oxygens (including phenoxy) is 2. The van der Waals surface area contributed by atoms with Crippen molar-refractivity contribution in [1.29, 1.82) is 0 Å². The number of aliphatic hydroxyl groups is 1. The van der Waals surface area contributed by atoms with E-state index in [0.29, 0.717) is 19.4 Å². The van der Waals surface area contributed by atoms with Gasteiger partial charge in [-0.2, -0.15) is 0 Å². The molecule has 8 atom stereocenters. The Morgan fingerprint density at radius 1 is 0.935 bits per heavy atom. The maximum atomic E-state index is 13.7. The fourth-order valence-corrected chi connectivity index (χ4v) is 5.68. The Labute approximate surface area is 267 Å². The molecule has 7 N–H and O–H groups in total. The van der Waals surface area contributed by atoms with E-state index in [1.54, 1.807) is 13.8 Å². The Hall–Kier alpha value is -3.42. The lowest BCUT2D eigenvalue weighted by molar-refractivity contribution is -0.195. The third-order valence-electron chi connectivity index (χ3n) is 8.56. The third-order valence-corrected chi connectivity index (χ3v) is 8.56. The Morgan fingerprint density at radius 2 is 1.50 bits per heavy atom. The van der Waals surface area contributed by atoms with Gasteiger partial charge in [0.05, 0.1) is 12.7 Å². The number of hydrogen-bond acceptors (Lipinski definition) is 13. The number of hydrogen-bond donors (Lipinski definition) is 6. The first-order chi connectivity index (χ1) is 21.6. The Morgan fingerprint density at radius 3 is 2.04 bits per heavy atom. The number of nitrogens with zero attached hydrogens (tertiary/aromatic N) is 4. The van der Waals surface area contributed by atoms with Crippen LogP contribution in [0.2, 0.25) is 0 Å². The molecule has 18 heteroatoms. The monoisotopic (exact) mass is 656 g/mol.